The zero-order valence-electron chi connectivity index (χ0n) is 23.7. The number of hydrogen-bond acceptors (Lipinski definition) is 3. The molecule has 0 radical (unpaired) electrons. The molecule has 1 fully saturated rings. The van der Waals surface area contributed by atoms with Gasteiger partial charge in [0, 0.05) is 12.2 Å². The van der Waals surface area contributed by atoms with E-state index in [4.69, 9.17) is 13.6 Å². The molecule has 2 rings (SSSR count). The zero-order valence-corrected chi connectivity index (χ0v) is 24.9. The molecule has 0 bridgehead atoms. The van der Waals surface area contributed by atoms with E-state index < -0.39 is 9.28 Å². The van der Waals surface area contributed by atoms with Gasteiger partial charge in [-0.2, -0.15) is 0 Å². The van der Waals surface area contributed by atoms with Crippen LogP contribution in [0.25, 0.3) is 0 Å². The van der Waals surface area contributed by atoms with E-state index in [1.165, 1.54) is 89.0 Å². The Hall–Kier alpha value is -0.843. The molecule has 1 aliphatic rings. The van der Waals surface area contributed by atoms with E-state index in [9.17, 15) is 0 Å². The van der Waals surface area contributed by atoms with Crippen molar-refractivity contribution in [2.75, 3.05) is 6.61 Å². The van der Waals surface area contributed by atoms with Crippen molar-refractivity contribution in [1.29, 1.82) is 0 Å². The topological polar surface area (TPSA) is 27.7 Å². The number of rotatable bonds is 19. The zero-order chi connectivity index (χ0) is 25.3. The Labute approximate surface area is 219 Å². The van der Waals surface area contributed by atoms with Crippen LogP contribution in [-0.2, 0) is 8.85 Å². The second-order valence-corrected chi connectivity index (χ2v) is 13.3. The number of hydrogen-bond donors (Lipinski definition) is 0. The van der Waals surface area contributed by atoms with E-state index >= 15 is 0 Å². The molecule has 3 nitrogen and oxygen atoms in total. The summed E-state index contributed by atoms with van der Waals surface area (Å²) in [6, 6.07) is 9.95. The lowest BCUT2D eigenvalue weighted by molar-refractivity contribution is 0.128. The quantitative estimate of drug-likeness (QED) is 0.139. The number of ether oxygens (including phenoxy) is 1. The Morgan fingerprint density at radius 3 is 1.89 bits per heavy atom. The van der Waals surface area contributed by atoms with E-state index in [0.29, 0.717) is 0 Å². The summed E-state index contributed by atoms with van der Waals surface area (Å²) < 4.78 is 18.1. The molecule has 0 unspecified atom stereocenters. The number of unbranched alkanes of at least 4 members (excludes halogenated alkanes) is 7. The third-order valence-electron chi connectivity index (χ3n) is 7.36. The maximum absolute atomic E-state index is 6.03. The van der Waals surface area contributed by atoms with Gasteiger partial charge in [-0.1, -0.05) is 76.8 Å². The molecule has 0 atom stereocenters. The maximum Gasteiger partial charge on any atom is 0.321 e. The summed E-state index contributed by atoms with van der Waals surface area (Å²) in [7, 11) is -1.61. The molecule has 1 aromatic carbocycles. The van der Waals surface area contributed by atoms with E-state index in [1.807, 2.05) is 0 Å². The highest BCUT2D eigenvalue weighted by Crippen LogP contribution is 2.38. The monoisotopic (exact) mass is 504 g/mol. The molecule has 0 spiro atoms. The molecule has 0 aromatic heterocycles. The van der Waals surface area contributed by atoms with Crippen LogP contribution < -0.4 is 4.74 Å². The Bertz CT molecular complexity index is 613. The van der Waals surface area contributed by atoms with Crippen molar-refractivity contribution in [1.82, 2.24) is 0 Å². The first-order valence-corrected chi connectivity index (χ1v) is 16.8. The summed E-state index contributed by atoms with van der Waals surface area (Å²) in [5.74, 6) is 2.71. The van der Waals surface area contributed by atoms with Crippen molar-refractivity contribution >= 4 is 9.28 Å². The summed E-state index contributed by atoms with van der Waals surface area (Å²) >= 11 is 0. The molecule has 35 heavy (non-hydrogen) atoms. The second kappa shape index (κ2) is 18.4. The lowest BCUT2D eigenvalue weighted by Crippen LogP contribution is -2.29. The van der Waals surface area contributed by atoms with Crippen molar-refractivity contribution in [2.24, 2.45) is 5.92 Å². The van der Waals surface area contributed by atoms with Gasteiger partial charge in [0.05, 0.1) is 6.61 Å². The third-order valence-corrected chi connectivity index (χ3v) is 9.94. The fourth-order valence-electron chi connectivity index (χ4n) is 5.40. The van der Waals surface area contributed by atoms with Crippen LogP contribution in [-0.4, -0.2) is 28.1 Å². The first-order valence-electron chi connectivity index (χ1n) is 15.0. The highest BCUT2D eigenvalue weighted by Gasteiger charge is 2.22. The smallest absolute Gasteiger partial charge is 0.321 e. The van der Waals surface area contributed by atoms with Crippen molar-refractivity contribution in [3.05, 3.63) is 29.8 Å². The molecule has 202 valence electrons. The van der Waals surface area contributed by atoms with Crippen LogP contribution in [0.4, 0.5) is 0 Å². The van der Waals surface area contributed by atoms with Crippen molar-refractivity contribution in [2.45, 2.75) is 149 Å². The molecule has 0 N–H and O–H groups in total. The van der Waals surface area contributed by atoms with Gasteiger partial charge in [-0.15, -0.1) is 0 Å². The van der Waals surface area contributed by atoms with E-state index in [0.717, 1.165) is 36.7 Å². The average molecular weight is 505 g/mol. The van der Waals surface area contributed by atoms with Gasteiger partial charge >= 0.3 is 9.28 Å². The highest BCUT2D eigenvalue weighted by atomic mass is 28.3. The fourth-order valence-corrected chi connectivity index (χ4v) is 7.45. The van der Waals surface area contributed by atoms with Gasteiger partial charge in [-0.25, -0.2) is 0 Å². The lowest BCUT2D eigenvalue weighted by atomic mass is 9.77. The summed E-state index contributed by atoms with van der Waals surface area (Å²) in [5, 5.41) is 0. The van der Waals surface area contributed by atoms with Crippen LogP contribution in [0.3, 0.4) is 0 Å². The summed E-state index contributed by atoms with van der Waals surface area (Å²) in [6.45, 7) is 11.4. The molecule has 0 amide bonds. The molecular formula is C31H56O3Si. The molecule has 4 heteroatoms. The minimum absolute atomic E-state index is 0.235. The van der Waals surface area contributed by atoms with Gasteiger partial charge in [-0.05, 0) is 95.4 Å². The standard InChI is InChI=1S/C31H56O3Si/c1-6-7-8-9-10-11-12-13-15-28-16-18-29(19-17-28)30-20-22-31(23-21-30)32-24-14-25-35(33-26(2)3)34-27(4)5/h20-23,26-29,35H,6-19,24-25H2,1-5H3. The number of benzene rings is 1. The van der Waals surface area contributed by atoms with Crippen LogP contribution in [0, 0.1) is 5.92 Å². The van der Waals surface area contributed by atoms with Crippen molar-refractivity contribution < 1.29 is 13.6 Å². The van der Waals surface area contributed by atoms with Crippen LogP contribution >= 0.6 is 0 Å². The predicted octanol–water partition coefficient (Wildman–Crippen LogP) is 9.33. The van der Waals surface area contributed by atoms with E-state index in [-0.39, 0.29) is 12.2 Å². The van der Waals surface area contributed by atoms with Gasteiger partial charge in [0.15, 0.2) is 0 Å². The normalized spacial score (nSPS) is 18.6. The Balaban J connectivity index is 1.58. The molecule has 1 aliphatic carbocycles. The molecule has 0 saturated heterocycles. The van der Waals surface area contributed by atoms with Gasteiger partial charge in [0.1, 0.15) is 5.75 Å². The summed E-state index contributed by atoms with van der Waals surface area (Å²) in [4.78, 5) is 0. The van der Waals surface area contributed by atoms with Crippen LogP contribution in [0.2, 0.25) is 6.04 Å². The van der Waals surface area contributed by atoms with Gasteiger partial charge in [0.2, 0.25) is 0 Å². The Morgan fingerprint density at radius 2 is 1.31 bits per heavy atom. The van der Waals surface area contributed by atoms with E-state index in [2.05, 4.69) is 58.9 Å². The highest BCUT2D eigenvalue weighted by molar-refractivity contribution is 6.44. The Morgan fingerprint density at radius 1 is 0.743 bits per heavy atom. The maximum atomic E-state index is 6.03. The van der Waals surface area contributed by atoms with Gasteiger partial charge in [-0.3, -0.25) is 0 Å². The minimum Gasteiger partial charge on any atom is -0.494 e. The van der Waals surface area contributed by atoms with Gasteiger partial charge < -0.3 is 13.6 Å². The SMILES string of the molecule is CCCCCCCCCCC1CCC(c2ccc(OCCC[SiH](OC(C)C)OC(C)C)cc2)CC1. The van der Waals surface area contributed by atoms with Crippen molar-refractivity contribution in [3.63, 3.8) is 0 Å². The molecule has 1 saturated carbocycles. The van der Waals surface area contributed by atoms with Gasteiger partial charge in [0.25, 0.3) is 0 Å². The third kappa shape index (κ3) is 13.9. The molecule has 0 heterocycles. The van der Waals surface area contributed by atoms with Crippen LogP contribution in [0.15, 0.2) is 24.3 Å². The molecule has 1 aromatic rings. The second-order valence-electron chi connectivity index (χ2n) is 11.3. The lowest BCUT2D eigenvalue weighted by Gasteiger charge is -2.29. The predicted molar refractivity (Wildman–Crippen MR) is 153 cm³/mol. The molecule has 0 aliphatic heterocycles. The largest absolute Gasteiger partial charge is 0.494 e. The summed E-state index contributed by atoms with van der Waals surface area (Å²) in [6.07, 6.45) is 19.9. The minimum atomic E-state index is -1.61. The average Bonchev–Trinajstić information content (AvgIpc) is 2.83. The van der Waals surface area contributed by atoms with Crippen LogP contribution in [0.5, 0.6) is 5.75 Å². The fraction of sp³-hybridized carbons (Fsp3) is 0.806. The molecular weight excluding hydrogens is 448 g/mol. The summed E-state index contributed by atoms with van der Waals surface area (Å²) in [5.41, 5.74) is 1.51. The van der Waals surface area contributed by atoms with E-state index in [1.54, 1.807) is 0 Å². The van der Waals surface area contributed by atoms with Crippen molar-refractivity contribution in [3.8, 4) is 5.75 Å². The first kappa shape index (κ1) is 30.4. The first-order chi connectivity index (χ1) is 17.0. The Kier molecular flexibility index (Phi) is 16.0. The van der Waals surface area contributed by atoms with Crippen LogP contribution in [0.1, 0.15) is 136 Å².